The number of carbonyl (C=O) groups is 1. The highest BCUT2D eigenvalue weighted by Crippen LogP contribution is 2.37. The Hall–Kier alpha value is -2.42. The van der Waals surface area contributed by atoms with Crippen molar-refractivity contribution in [2.24, 2.45) is 11.8 Å². The topological polar surface area (TPSA) is 105 Å². The van der Waals surface area contributed by atoms with Gasteiger partial charge in [-0.25, -0.2) is 9.78 Å². The molecule has 0 spiro atoms. The number of nitrogens with zero attached hydrogens (tertiary/aromatic N) is 3. The van der Waals surface area contributed by atoms with Crippen LogP contribution in [0.2, 0.25) is 0 Å². The normalized spacial score (nSPS) is 26.0. The molecule has 0 saturated carbocycles. The van der Waals surface area contributed by atoms with Crippen LogP contribution in [0, 0.1) is 23.2 Å². The number of carboxylic acids is 1. The lowest BCUT2D eigenvalue weighted by atomic mass is 9.91. The van der Waals surface area contributed by atoms with Crippen LogP contribution in [-0.2, 0) is 14.3 Å². The number of fused-ring (bicyclic) bond motifs is 1. The smallest absolute Gasteiger partial charge is 0.478 e. The quantitative estimate of drug-likeness (QED) is 0.719. The molecule has 0 amide bonds. The molecule has 0 bridgehead atoms. The van der Waals surface area contributed by atoms with Crippen molar-refractivity contribution in [3.8, 4) is 11.9 Å². The lowest BCUT2D eigenvalue weighted by Gasteiger charge is -2.31. The van der Waals surface area contributed by atoms with Crippen LogP contribution in [0.25, 0.3) is 0 Å². The summed E-state index contributed by atoms with van der Waals surface area (Å²) < 4.78 is 49.0. The molecule has 0 unspecified atom stereocenters. The third kappa shape index (κ3) is 6.54. The van der Waals surface area contributed by atoms with Crippen LogP contribution in [-0.4, -0.2) is 78.8 Å². The number of likely N-dealkylation sites (tertiary alicyclic amines) is 1. The second-order valence-electron chi connectivity index (χ2n) is 8.03. The van der Waals surface area contributed by atoms with Crippen molar-refractivity contribution < 1.29 is 37.3 Å². The summed E-state index contributed by atoms with van der Waals surface area (Å²) in [6.07, 6.45) is 0.146. The fourth-order valence-corrected chi connectivity index (χ4v) is 4.32. The van der Waals surface area contributed by atoms with Crippen LogP contribution in [0.5, 0.6) is 5.88 Å². The Morgan fingerprint density at radius 1 is 1.31 bits per heavy atom. The molecule has 0 radical (unpaired) electrons. The van der Waals surface area contributed by atoms with E-state index in [1.165, 1.54) is 0 Å². The first-order valence-electron chi connectivity index (χ1n) is 10.5. The van der Waals surface area contributed by atoms with Crippen molar-refractivity contribution in [3.05, 3.63) is 23.9 Å². The van der Waals surface area contributed by atoms with Crippen LogP contribution < -0.4 is 4.74 Å². The largest absolute Gasteiger partial charge is 0.490 e. The minimum atomic E-state index is -5.08. The molecule has 176 valence electrons. The monoisotopic (exact) mass is 457 g/mol. The van der Waals surface area contributed by atoms with Gasteiger partial charge in [-0.05, 0) is 31.2 Å². The van der Waals surface area contributed by atoms with Gasteiger partial charge in [-0.15, -0.1) is 0 Å². The fourth-order valence-electron chi connectivity index (χ4n) is 4.32. The molecular weight excluding hydrogens is 431 g/mol. The number of rotatable bonds is 5. The maximum atomic E-state index is 10.6. The van der Waals surface area contributed by atoms with Crippen molar-refractivity contribution in [2.45, 2.75) is 37.6 Å². The maximum Gasteiger partial charge on any atom is 0.490 e. The summed E-state index contributed by atoms with van der Waals surface area (Å²) in [6, 6.07) is 6.23. The van der Waals surface area contributed by atoms with E-state index in [0.717, 1.165) is 52.2 Å². The van der Waals surface area contributed by atoms with Crippen molar-refractivity contribution in [1.29, 1.82) is 5.26 Å². The second kappa shape index (κ2) is 10.9. The van der Waals surface area contributed by atoms with E-state index in [0.29, 0.717) is 42.0 Å². The van der Waals surface area contributed by atoms with E-state index < -0.39 is 12.1 Å². The Morgan fingerprint density at radius 2 is 2.03 bits per heavy atom. The molecule has 3 aliphatic heterocycles. The van der Waals surface area contributed by atoms with E-state index in [2.05, 4.69) is 16.0 Å². The third-order valence-electron chi connectivity index (χ3n) is 6.02. The van der Waals surface area contributed by atoms with Crippen molar-refractivity contribution in [1.82, 2.24) is 9.88 Å². The molecule has 1 aromatic rings. The van der Waals surface area contributed by atoms with E-state index in [-0.39, 0.29) is 0 Å². The van der Waals surface area contributed by atoms with Crippen LogP contribution in [0.4, 0.5) is 13.2 Å². The third-order valence-corrected chi connectivity index (χ3v) is 6.02. The van der Waals surface area contributed by atoms with E-state index in [4.69, 9.17) is 29.4 Å². The Bertz CT molecular complexity index is 793. The first-order valence-corrected chi connectivity index (χ1v) is 10.5. The van der Waals surface area contributed by atoms with E-state index >= 15 is 0 Å². The Balaban J connectivity index is 0.000000360. The zero-order valence-electron chi connectivity index (χ0n) is 17.5. The van der Waals surface area contributed by atoms with Gasteiger partial charge in [0, 0.05) is 50.5 Å². The number of aliphatic carboxylic acids is 1. The van der Waals surface area contributed by atoms with Crippen LogP contribution in [0.3, 0.4) is 0 Å². The van der Waals surface area contributed by atoms with Gasteiger partial charge in [0.2, 0.25) is 5.88 Å². The zero-order valence-corrected chi connectivity index (χ0v) is 17.5. The van der Waals surface area contributed by atoms with E-state index in [1.807, 2.05) is 0 Å². The molecule has 1 aromatic heterocycles. The average molecular weight is 457 g/mol. The Labute approximate surface area is 183 Å². The first kappa shape index (κ1) is 24.2. The summed E-state index contributed by atoms with van der Waals surface area (Å²) in [5.74, 6) is -0.981. The lowest BCUT2D eigenvalue weighted by molar-refractivity contribution is -0.192. The molecule has 8 nitrogen and oxygen atoms in total. The van der Waals surface area contributed by atoms with Gasteiger partial charge in [0.25, 0.3) is 0 Å². The molecule has 0 aromatic carbocycles. The molecule has 3 saturated heterocycles. The molecule has 4 heterocycles. The zero-order chi connectivity index (χ0) is 23.1. The predicted molar refractivity (Wildman–Crippen MR) is 105 cm³/mol. The predicted octanol–water partition coefficient (Wildman–Crippen LogP) is 2.48. The van der Waals surface area contributed by atoms with Gasteiger partial charge in [-0.2, -0.15) is 18.4 Å². The molecule has 3 aliphatic rings. The van der Waals surface area contributed by atoms with Gasteiger partial charge in [0.15, 0.2) is 0 Å². The average Bonchev–Trinajstić information content (AvgIpc) is 3.36. The number of halogens is 3. The molecule has 3 fully saturated rings. The van der Waals surface area contributed by atoms with Crippen molar-refractivity contribution in [3.63, 3.8) is 0 Å². The number of aromatic nitrogens is 1. The van der Waals surface area contributed by atoms with Crippen molar-refractivity contribution in [2.75, 3.05) is 39.5 Å². The summed E-state index contributed by atoms with van der Waals surface area (Å²) in [5.41, 5.74) is 0.554. The second-order valence-corrected chi connectivity index (χ2v) is 8.03. The van der Waals surface area contributed by atoms with Gasteiger partial charge >= 0.3 is 12.1 Å². The van der Waals surface area contributed by atoms with Gasteiger partial charge in [0.1, 0.15) is 6.07 Å². The molecule has 0 aliphatic carbocycles. The van der Waals surface area contributed by atoms with Crippen LogP contribution in [0.1, 0.15) is 24.8 Å². The summed E-state index contributed by atoms with van der Waals surface area (Å²) >= 11 is 0. The highest BCUT2D eigenvalue weighted by atomic mass is 19.4. The summed E-state index contributed by atoms with van der Waals surface area (Å²) in [6.45, 7) is 5.51. The Morgan fingerprint density at radius 3 is 2.62 bits per heavy atom. The van der Waals surface area contributed by atoms with Gasteiger partial charge in [0.05, 0.1) is 24.9 Å². The molecule has 11 heteroatoms. The molecule has 1 N–H and O–H groups in total. The summed E-state index contributed by atoms with van der Waals surface area (Å²) in [7, 11) is 0. The molecule has 4 rings (SSSR count). The number of hydrogen-bond donors (Lipinski definition) is 1. The van der Waals surface area contributed by atoms with E-state index in [1.54, 1.807) is 18.3 Å². The fraction of sp³-hybridized carbons (Fsp3) is 0.667. The minimum Gasteiger partial charge on any atom is -0.478 e. The maximum absolute atomic E-state index is 10.6. The summed E-state index contributed by atoms with van der Waals surface area (Å²) in [5, 5.41) is 15.9. The number of ether oxygens (including phenoxy) is 3. The molecule has 32 heavy (non-hydrogen) atoms. The number of carboxylic acid groups (broad SMARTS) is 1. The standard InChI is InChI=1S/C19H25N3O3.C2HF3O2/c20-9-14-1-2-19(21-10-14)24-8-3-15-13-25-18-12-22(11-17(15)18)16-4-6-23-7-5-16;3-2(4,5)1(6)7/h1-2,10,15-18H,3-8,11-13H2;(H,6,7)/t15-,17-,18-;/m0./s1. The van der Waals surface area contributed by atoms with Crippen LogP contribution >= 0.6 is 0 Å². The Kier molecular flexibility index (Phi) is 8.28. The number of nitriles is 1. The number of pyridine rings is 1. The molecular formula is C21H26F3N3O5. The van der Waals surface area contributed by atoms with Gasteiger partial charge in [-0.3, -0.25) is 4.90 Å². The number of alkyl halides is 3. The van der Waals surface area contributed by atoms with Gasteiger partial charge in [-0.1, -0.05) is 0 Å². The highest BCUT2D eigenvalue weighted by Gasteiger charge is 2.45. The molecule has 3 atom stereocenters. The first-order chi connectivity index (χ1) is 15.3. The lowest BCUT2D eigenvalue weighted by Crippen LogP contribution is -2.39. The minimum absolute atomic E-state index is 0.390. The number of hydrogen-bond acceptors (Lipinski definition) is 7. The van der Waals surface area contributed by atoms with Crippen LogP contribution in [0.15, 0.2) is 18.3 Å². The summed E-state index contributed by atoms with van der Waals surface area (Å²) in [4.78, 5) is 15.7. The van der Waals surface area contributed by atoms with Gasteiger partial charge < -0.3 is 19.3 Å². The highest BCUT2D eigenvalue weighted by molar-refractivity contribution is 5.73. The van der Waals surface area contributed by atoms with E-state index in [9.17, 15) is 13.2 Å². The SMILES string of the molecule is N#Cc1ccc(OCC[C@H]2CO[C@H]3CN(C4CCOCC4)C[C@@H]23)nc1.O=C(O)C(F)(F)F. The van der Waals surface area contributed by atoms with Crippen molar-refractivity contribution >= 4 is 5.97 Å².